The van der Waals surface area contributed by atoms with Gasteiger partial charge in [0, 0.05) is 6.42 Å². The summed E-state index contributed by atoms with van der Waals surface area (Å²) in [5.41, 5.74) is 2.01. The Hall–Kier alpha value is -2.33. The van der Waals surface area contributed by atoms with Crippen LogP contribution in [0.5, 0.6) is 5.75 Å². The van der Waals surface area contributed by atoms with Crippen molar-refractivity contribution < 1.29 is 14.6 Å². The molecule has 2 N–H and O–H groups in total. The number of aliphatic hydroxyl groups excluding tert-OH is 1. The van der Waals surface area contributed by atoms with Crippen LogP contribution in [-0.2, 0) is 6.42 Å². The van der Waals surface area contributed by atoms with Gasteiger partial charge in [0.1, 0.15) is 5.75 Å². The van der Waals surface area contributed by atoms with Crippen molar-refractivity contribution in [3.63, 3.8) is 0 Å². The second-order valence-electron chi connectivity index (χ2n) is 4.79. The number of hydrogen-bond donors (Lipinski definition) is 2. The van der Waals surface area contributed by atoms with Gasteiger partial charge in [-0.25, -0.2) is 4.79 Å². The minimum atomic E-state index is -0.615. The van der Waals surface area contributed by atoms with E-state index >= 15 is 0 Å². The molecule has 0 aromatic heterocycles. The number of hydrogen-bond acceptors (Lipinski definition) is 3. The number of benzene rings is 2. The smallest absolute Gasteiger partial charge is 0.410 e. The number of carbonyl (C=O) groups is 1. The molecule has 0 aliphatic heterocycles. The van der Waals surface area contributed by atoms with Gasteiger partial charge in [-0.1, -0.05) is 42.5 Å². The predicted molar refractivity (Wildman–Crippen MR) is 74.5 cm³/mol. The Labute approximate surface area is 117 Å². The van der Waals surface area contributed by atoms with E-state index in [4.69, 9.17) is 4.74 Å². The lowest BCUT2D eigenvalue weighted by Gasteiger charge is -2.17. The number of fused-ring (bicyclic) bond motifs is 1. The van der Waals surface area contributed by atoms with E-state index in [1.807, 2.05) is 30.3 Å². The number of amides is 1. The summed E-state index contributed by atoms with van der Waals surface area (Å²) in [6, 6.07) is 16.1. The first-order valence-corrected chi connectivity index (χ1v) is 6.53. The van der Waals surface area contributed by atoms with Gasteiger partial charge in [0.15, 0.2) is 0 Å². The van der Waals surface area contributed by atoms with Crippen LogP contribution in [-0.4, -0.2) is 17.3 Å². The van der Waals surface area contributed by atoms with Gasteiger partial charge in [-0.15, -0.1) is 0 Å². The maximum Gasteiger partial charge on any atom is 0.413 e. The van der Waals surface area contributed by atoms with E-state index < -0.39 is 18.2 Å². The summed E-state index contributed by atoms with van der Waals surface area (Å²) in [6.45, 7) is 0. The Balaban J connectivity index is 1.70. The standard InChI is InChI=1S/C16H15NO3/c18-14-10-11-6-4-5-9-13(11)15(14)17-16(19)20-12-7-2-1-3-8-12/h1-9,14-15,18H,10H2,(H,17,19). The van der Waals surface area contributed by atoms with Crippen molar-refractivity contribution in [2.45, 2.75) is 18.6 Å². The summed E-state index contributed by atoms with van der Waals surface area (Å²) < 4.78 is 5.18. The Bertz CT molecular complexity index is 612. The number of ether oxygens (including phenoxy) is 1. The Kier molecular flexibility index (Phi) is 3.39. The molecule has 20 heavy (non-hydrogen) atoms. The second kappa shape index (κ2) is 5.35. The van der Waals surface area contributed by atoms with E-state index in [0.29, 0.717) is 12.2 Å². The highest BCUT2D eigenvalue weighted by Crippen LogP contribution is 2.31. The van der Waals surface area contributed by atoms with Crippen molar-refractivity contribution >= 4 is 6.09 Å². The fraction of sp³-hybridized carbons (Fsp3) is 0.188. The summed E-state index contributed by atoms with van der Waals surface area (Å²) in [5.74, 6) is 0.478. The van der Waals surface area contributed by atoms with E-state index in [0.717, 1.165) is 11.1 Å². The Morgan fingerprint density at radius 2 is 1.80 bits per heavy atom. The summed E-state index contributed by atoms with van der Waals surface area (Å²) in [5, 5.41) is 12.8. The van der Waals surface area contributed by atoms with Crippen LogP contribution in [0.4, 0.5) is 4.79 Å². The zero-order chi connectivity index (χ0) is 13.9. The summed E-state index contributed by atoms with van der Waals surface area (Å²) >= 11 is 0. The first-order chi connectivity index (χ1) is 9.74. The van der Waals surface area contributed by atoms with Crippen molar-refractivity contribution in [2.75, 3.05) is 0 Å². The average molecular weight is 269 g/mol. The number of para-hydroxylation sites is 1. The van der Waals surface area contributed by atoms with Crippen LogP contribution in [0.25, 0.3) is 0 Å². The maximum absolute atomic E-state index is 11.9. The first-order valence-electron chi connectivity index (χ1n) is 6.53. The lowest BCUT2D eigenvalue weighted by Crippen LogP contribution is -2.35. The number of rotatable bonds is 2. The van der Waals surface area contributed by atoms with Gasteiger partial charge in [-0.3, -0.25) is 0 Å². The van der Waals surface area contributed by atoms with Crippen LogP contribution in [0.2, 0.25) is 0 Å². The number of aliphatic hydroxyl groups is 1. The second-order valence-corrected chi connectivity index (χ2v) is 4.79. The third-order valence-electron chi connectivity index (χ3n) is 3.43. The fourth-order valence-corrected chi connectivity index (χ4v) is 2.50. The van der Waals surface area contributed by atoms with Gasteiger partial charge < -0.3 is 15.2 Å². The molecular formula is C16H15NO3. The van der Waals surface area contributed by atoms with Crippen LogP contribution < -0.4 is 10.1 Å². The maximum atomic E-state index is 11.9. The highest BCUT2D eigenvalue weighted by molar-refractivity contribution is 5.71. The number of carbonyl (C=O) groups excluding carboxylic acids is 1. The van der Waals surface area contributed by atoms with Crippen LogP contribution in [0.3, 0.4) is 0 Å². The molecule has 4 heteroatoms. The Morgan fingerprint density at radius 3 is 2.60 bits per heavy atom. The molecule has 0 heterocycles. The lowest BCUT2D eigenvalue weighted by molar-refractivity contribution is 0.133. The fourth-order valence-electron chi connectivity index (χ4n) is 2.50. The van der Waals surface area contributed by atoms with Gasteiger partial charge in [-0.05, 0) is 23.3 Å². The van der Waals surface area contributed by atoms with Crippen molar-refractivity contribution in [1.82, 2.24) is 5.32 Å². The van der Waals surface area contributed by atoms with E-state index in [1.54, 1.807) is 24.3 Å². The molecule has 2 aromatic rings. The molecule has 1 amide bonds. The monoisotopic (exact) mass is 269 g/mol. The highest BCUT2D eigenvalue weighted by atomic mass is 16.6. The third-order valence-corrected chi connectivity index (χ3v) is 3.43. The summed E-state index contributed by atoms with van der Waals surface area (Å²) in [6.07, 6.45) is -0.625. The van der Waals surface area contributed by atoms with E-state index in [2.05, 4.69) is 5.32 Å². The molecule has 0 saturated heterocycles. The molecule has 4 nitrogen and oxygen atoms in total. The van der Waals surface area contributed by atoms with Crippen molar-refractivity contribution in [1.29, 1.82) is 0 Å². The summed E-state index contributed by atoms with van der Waals surface area (Å²) in [4.78, 5) is 11.9. The molecule has 0 fully saturated rings. The molecule has 2 unspecified atom stereocenters. The molecule has 2 atom stereocenters. The van der Waals surface area contributed by atoms with Crippen LogP contribution in [0.1, 0.15) is 17.2 Å². The molecule has 0 radical (unpaired) electrons. The minimum Gasteiger partial charge on any atom is -0.410 e. The molecular weight excluding hydrogens is 254 g/mol. The molecule has 102 valence electrons. The van der Waals surface area contributed by atoms with Gasteiger partial charge in [-0.2, -0.15) is 0 Å². The molecule has 1 aliphatic carbocycles. The molecule has 0 bridgehead atoms. The summed E-state index contributed by atoms with van der Waals surface area (Å²) in [7, 11) is 0. The van der Waals surface area contributed by atoms with Crippen LogP contribution in [0.15, 0.2) is 54.6 Å². The van der Waals surface area contributed by atoms with E-state index in [1.165, 1.54) is 0 Å². The third kappa shape index (κ3) is 2.51. The Morgan fingerprint density at radius 1 is 1.10 bits per heavy atom. The molecule has 0 saturated carbocycles. The van der Waals surface area contributed by atoms with E-state index in [9.17, 15) is 9.90 Å². The van der Waals surface area contributed by atoms with Gasteiger partial charge in [0.25, 0.3) is 0 Å². The minimum absolute atomic E-state index is 0.414. The van der Waals surface area contributed by atoms with Crippen LogP contribution in [0, 0.1) is 0 Å². The van der Waals surface area contributed by atoms with E-state index in [-0.39, 0.29) is 0 Å². The largest absolute Gasteiger partial charge is 0.413 e. The topological polar surface area (TPSA) is 58.6 Å². The molecule has 0 spiro atoms. The normalized spacial score (nSPS) is 20.2. The average Bonchev–Trinajstić information content (AvgIpc) is 2.76. The zero-order valence-corrected chi connectivity index (χ0v) is 10.8. The van der Waals surface area contributed by atoms with Crippen molar-refractivity contribution in [3.8, 4) is 5.75 Å². The molecule has 3 rings (SSSR count). The SMILES string of the molecule is O=C(NC1c2ccccc2CC1O)Oc1ccccc1. The zero-order valence-electron chi connectivity index (χ0n) is 10.8. The van der Waals surface area contributed by atoms with Gasteiger partial charge in [0.2, 0.25) is 0 Å². The molecule has 1 aliphatic rings. The van der Waals surface area contributed by atoms with Crippen molar-refractivity contribution in [2.24, 2.45) is 0 Å². The highest BCUT2D eigenvalue weighted by Gasteiger charge is 2.32. The predicted octanol–water partition coefficient (Wildman–Crippen LogP) is 2.43. The van der Waals surface area contributed by atoms with Crippen molar-refractivity contribution in [3.05, 3.63) is 65.7 Å². The van der Waals surface area contributed by atoms with Gasteiger partial charge in [0.05, 0.1) is 12.1 Å². The molecule has 2 aromatic carbocycles. The lowest BCUT2D eigenvalue weighted by atomic mass is 10.1. The van der Waals surface area contributed by atoms with Gasteiger partial charge >= 0.3 is 6.09 Å². The quantitative estimate of drug-likeness (QED) is 0.880. The first kappa shape index (κ1) is 12.7. The number of nitrogens with one attached hydrogen (secondary N) is 1. The van der Waals surface area contributed by atoms with Crippen LogP contribution >= 0.6 is 0 Å².